The van der Waals surface area contributed by atoms with Gasteiger partial charge in [-0.1, -0.05) is 41.9 Å². The summed E-state index contributed by atoms with van der Waals surface area (Å²) < 4.78 is 0. The molecule has 2 atom stereocenters. The van der Waals surface area contributed by atoms with Gasteiger partial charge in [-0.25, -0.2) is 0 Å². The Kier molecular flexibility index (Phi) is 5.48. The highest BCUT2D eigenvalue weighted by atomic mass is 35.5. The second kappa shape index (κ2) is 8.01. The molecule has 1 aliphatic heterocycles. The number of nitrogens with zero attached hydrogens (tertiary/aromatic N) is 2. The van der Waals surface area contributed by atoms with Gasteiger partial charge in [-0.05, 0) is 48.7 Å². The number of carbonyl (C=O) groups excluding carboxylic acids is 1. The highest BCUT2D eigenvalue weighted by Crippen LogP contribution is 2.49. The molecule has 5 heteroatoms. The van der Waals surface area contributed by atoms with Crippen molar-refractivity contribution in [3.8, 4) is 0 Å². The van der Waals surface area contributed by atoms with Crippen molar-refractivity contribution in [2.45, 2.75) is 18.9 Å². The van der Waals surface area contributed by atoms with Gasteiger partial charge in [-0.3, -0.25) is 9.69 Å². The van der Waals surface area contributed by atoms with E-state index >= 15 is 0 Å². The van der Waals surface area contributed by atoms with Gasteiger partial charge in [0, 0.05) is 49.4 Å². The highest BCUT2D eigenvalue weighted by Gasteiger charge is 2.44. The van der Waals surface area contributed by atoms with Crippen LogP contribution in [0.4, 0.5) is 5.69 Å². The van der Waals surface area contributed by atoms with Crippen LogP contribution in [0, 0.1) is 5.92 Å². The first kappa shape index (κ1) is 18.5. The van der Waals surface area contributed by atoms with Crippen LogP contribution >= 0.6 is 11.6 Å². The Morgan fingerprint density at radius 1 is 1.07 bits per heavy atom. The molecule has 2 fully saturated rings. The van der Waals surface area contributed by atoms with Crippen molar-refractivity contribution in [2.75, 3.05) is 38.5 Å². The van der Waals surface area contributed by atoms with E-state index in [1.54, 1.807) is 0 Å². The Labute approximate surface area is 166 Å². The lowest BCUT2D eigenvalue weighted by Crippen LogP contribution is -2.43. The van der Waals surface area contributed by atoms with Gasteiger partial charge in [-0.15, -0.1) is 0 Å². The van der Waals surface area contributed by atoms with E-state index in [0.717, 1.165) is 55.4 Å². The Balaban J connectivity index is 1.30. The third kappa shape index (κ3) is 4.52. The minimum atomic E-state index is 0.0231. The molecule has 1 saturated heterocycles. The van der Waals surface area contributed by atoms with Gasteiger partial charge in [0.25, 0.3) is 0 Å². The van der Waals surface area contributed by atoms with Crippen LogP contribution in [0.5, 0.6) is 0 Å². The average Bonchev–Trinajstić information content (AvgIpc) is 3.46. The number of benzene rings is 2. The topological polar surface area (TPSA) is 35.6 Å². The van der Waals surface area contributed by atoms with Crippen molar-refractivity contribution in [3.63, 3.8) is 0 Å². The molecular formula is C22H26ClN3O. The number of hydrogen-bond donors (Lipinski definition) is 1. The van der Waals surface area contributed by atoms with Gasteiger partial charge < -0.3 is 10.2 Å². The molecule has 1 amide bonds. The molecule has 2 unspecified atom stereocenters. The predicted octanol–water partition coefficient (Wildman–Crippen LogP) is 3.83. The second-order valence-corrected chi connectivity index (χ2v) is 8.14. The van der Waals surface area contributed by atoms with Crippen LogP contribution in [0.1, 0.15) is 23.5 Å². The standard InChI is InChI=1S/C22H26ClN3O/c1-25-10-12-26(13-11-25)15-16-6-8-17(9-7-16)24-22(27)20-14-19(20)18-4-2-3-5-21(18)23/h2-9,19-20H,10-15H2,1H3,(H,24,27). The van der Waals surface area contributed by atoms with Gasteiger partial charge in [0.15, 0.2) is 0 Å². The molecule has 0 radical (unpaired) electrons. The normalized spacial score (nSPS) is 23.2. The van der Waals surface area contributed by atoms with Gasteiger partial charge in [0.1, 0.15) is 0 Å². The summed E-state index contributed by atoms with van der Waals surface area (Å²) in [5, 5.41) is 3.81. The van der Waals surface area contributed by atoms with E-state index in [-0.39, 0.29) is 17.7 Å². The van der Waals surface area contributed by atoms with Gasteiger partial charge in [0.2, 0.25) is 5.91 Å². The molecule has 4 rings (SSSR count). The van der Waals surface area contributed by atoms with Crippen molar-refractivity contribution < 1.29 is 4.79 Å². The lowest BCUT2D eigenvalue weighted by atomic mass is 10.1. The highest BCUT2D eigenvalue weighted by molar-refractivity contribution is 6.31. The lowest BCUT2D eigenvalue weighted by Gasteiger charge is -2.32. The summed E-state index contributed by atoms with van der Waals surface area (Å²) in [5.41, 5.74) is 3.24. The molecule has 1 heterocycles. The van der Waals surface area contributed by atoms with Crippen LogP contribution in [0.3, 0.4) is 0 Å². The summed E-state index contributed by atoms with van der Waals surface area (Å²) in [5.74, 6) is 0.358. The predicted molar refractivity (Wildman–Crippen MR) is 110 cm³/mol. The summed E-state index contributed by atoms with van der Waals surface area (Å²) in [4.78, 5) is 17.4. The molecule has 0 aromatic heterocycles. The molecule has 1 aliphatic carbocycles. The monoisotopic (exact) mass is 383 g/mol. The molecule has 2 aromatic rings. The smallest absolute Gasteiger partial charge is 0.228 e. The van der Waals surface area contributed by atoms with E-state index in [0.29, 0.717) is 0 Å². The number of amides is 1. The van der Waals surface area contributed by atoms with Crippen molar-refractivity contribution in [2.24, 2.45) is 5.92 Å². The minimum absolute atomic E-state index is 0.0231. The number of hydrogen-bond acceptors (Lipinski definition) is 3. The van der Waals surface area contributed by atoms with Crippen LogP contribution in [0.15, 0.2) is 48.5 Å². The lowest BCUT2D eigenvalue weighted by molar-refractivity contribution is -0.117. The van der Waals surface area contributed by atoms with Crippen LogP contribution in [0.2, 0.25) is 5.02 Å². The second-order valence-electron chi connectivity index (χ2n) is 7.74. The van der Waals surface area contributed by atoms with Crippen molar-refractivity contribution in [3.05, 3.63) is 64.7 Å². The van der Waals surface area contributed by atoms with Crippen LogP contribution < -0.4 is 5.32 Å². The third-order valence-corrected chi connectivity index (χ3v) is 6.00. The zero-order chi connectivity index (χ0) is 18.8. The van der Waals surface area contributed by atoms with E-state index in [1.807, 2.05) is 36.4 Å². The molecule has 1 saturated carbocycles. The number of rotatable bonds is 5. The van der Waals surface area contributed by atoms with Crippen molar-refractivity contribution in [1.82, 2.24) is 9.80 Å². The van der Waals surface area contributed by atoms with Gasteiger partial charge in [0.05, 0.1) is 0 Å². The first-order valence-electron chi connectivity index (χ1n) is 9.65. The number of carbonyl (C=O) groups is 1. The molecule has 142 valence electrons. The van der Waals surface area contributed by atoms with E-state index in [1.165, 1.54) is 5.56 Å². The molecular weight excluding hydrogens is 358 g/mol. The summed E-state index contributed by atoms with van der Waals surface area (Å²) in [6.45, 7) is 5.45. The fraction of sp³-hybridized carbons (Fsp3) is 0.409. The zero-order valence-electron chi connectivity index (χ0n) is 15.7. The molecule has 0 spiro atoms. The quantitative estimate of drug-likeness (QED) is 0.852. The fourth-order valence-corrected chi connectivity index (χ4v) is 4.07. The van der Waals surface area contributed by atoms with Gasteiger partial charge in [-0.2, -0.15) is 0 Å². The Morgan fingerprint density at radius 3 is 2.48 bits per heavy atom. The van der Waals surface area contributed by atoms with Crippen LogP contribution in [0.25, 0.3) is 0 Å². The summed E-state index contributed by atoms with van der Waals surface area (Å²) >= 11 is 6.26. The van der Waals surface area contributed by atoms with E-state index in [9.17, 15) is 4.79 Å². The molecule has 27 heavy (non-hydrogen) atoms. The van der Waals surface area contributed by atoms with E-state index < -0.39 is 0 Å². The summed E-state index contributed by atoms with van der Waals surface area (Å²) in [6.07, 6.45) is 0.872. The van der Waals surface area contributed by atoms with Crippen LogP contribution in [-0.2, 0) is 11.3 Å². The fourth-order valence-electron chi connectivity index (χ4n) is 3.80. The zero-order valence-corrected chi connectivity index (χ0v) is 16.5. The largest absolute Gasteiger partial charge is 0.326 e. The molecule has 1 N–H and O–H groups in total. The SMILES string of the molecule is CN1CCN(Cc2ccc(NC(=O)C3CC3c3ccccc3Cl)cc2)CC1. The Hall–Kier alpha value is -1.88. The third-order valence-electron chi connectivity index (χ3n) is 5.66. The van der Waals surface area contributed by atoms with E-state index in [4.69, 9.17) is 11.6 Å². The maximum absolute atomic E-state index is 12.5. The Morgan fingerprint density at radius 2 is 1.78 bits per heavy atom. The summed E-state index contributed by atoms with van der Waals surface area (Å²) in [6, 6.07) is 16.1. The Bertz CT molecular complexity index is 799. The van der Waals surface area contributed by atoms with Crippen LogP contribution in [-0.4, -0.2) is 48.9 Å². The molecule has 0 bridgehead atoms. The summed E-state index contributed by atoms with van der Waals surface area (Å²) in [7, 11) is 2.17. The molecule has 2 aliphatic rings. The van der Waals surface area contributed by atoms with Crippen molar-refractivity contribution in [1.29, 1.82) is 0 Å². The minimum Gasteiger partial charge on any atom is -0.326 e. The number of nitrogens with one attached hydrogen (secondary N) is 1. The molecule has 4 nitrogen and oxygen atoms in total. The first-order chi connectivity index (χ1) is 13.1. The number of likely N-dealkylation sites (N-methyl/N-ethyl adjacent to an activating group) is 1. The average molecular weight is 384 g/mol. The first-order valence-corrected chi connectivity index (χ1v) is 10.0. The maximum Gasteiger partial charge on any atom is 0.228 e. The maximum atomic E-state index is 12.5. The van der Waals surface area contributed by atoms with E-state index in [2.05, 4.69) is 34.3 Å². The number of anilines is 1. The van der Waals surface area contributed by atoms with Crippen molar-refractivity contribution >= 4 is 23.2 Å². The molecule has 2 aromatic carbocycles. The number of piperazine rings is 1. The number of halogens is 1. The van der Waals surface area contributed by atoms with Gasteiger partial charge >= 0.3 is 0 Å².